The molecule has 7 nitrogen and oxygen atoms in total. The Bertz CT molecular complexity index is 897. The molecule has 0 radical (unpaired) electrons. The summed E-state index contributed by atoms with van der Waals surface area (Å²) in [6.45, 7) is 3.34. The summed E-state index contributed by atoms with van der Waals surface area (Å²) in [5, 5.41) is 2.30. The average molecular weight is 378 g/mol. The van der Waals surface area contributed by atoms with Crippen LogP contribution in [-0.4, -0.2) is 58.4 Å². The Kier molecular flexibility index (Phi) is 4.09. The van der Waals surface area contributed by atoms with Crippen LogP contribution in [0.1, 0.15) is 21.2 Å². The summed E-state index contributed by atoms with van der Waals surface area (Å²) >= 11 is 1.52. The fraction of sp³-hybridized carbons (Fsp3) is 0.438. The lowest BCUT2D eigenvalue weighted by molar-refractivity contribution is 0.0779. The molecular formula is C16H18N4O3S2. The van der Waals surface area contributed by atoms with Crippen LogP contribution in [0.15, 0.2) is 29.8 Å². The quantitative estimate of drug-likeness (QED) is 0.800. The molecule has 0 aromatic carbocycles. The summed E-state index contributed by atoms with van der Waals surface area (Å²) < 4.78 is 27.2. The molecule has 2 aliphatic rings. The lowest BCUT2D eigenvalue weighted by atomic mass is 10.1. The van der Waals surface area contributed by atoms with Gasteiger partial charge in [0.05, 0.1) is 22.5 Å². The van der Waals surface area contributed by atoms with Crippen molar-refractivity contribution in [3.05, 3.63) is 46.2 Å². The van der Waals surface area contributed by atoms with Gasteiger partial charge in [0, 0.05) is 37.1 Å². The normalized spacial score (nSPS) is 25.2. The summed E-state index contributed by atoms with van der Waals surface area (Å²) in [5.74, 6) is -0.260. The number of pyridine rings is 1. The third kappa shape index (κ3) is 2.96. The highest BCUT2D eigenvalue weighted by atomic mass is 32.2. The van der Waals surface area contributed by atoms with Crippen molar-refractivity contribution in [2.75, 3.05) is 19.6 Å². The van der Waals surface area contributed by atoms with Crippen molar-refractivity contribution in [2.24, 2.45) is 5.92 Å². The first-order valence-corrected chi connectivity index (χ1v) is 10.4. The second-order valence-electron chi connectivity index (χ2n) is 6.42. The molecular weight excluding hydrogens is 360 g/mol. The topological polar surface area (TPSA) is 83.5 Å². The van der Waals surface area contributed by atoms with E-state index in [2.05, 4.69) is 9.97 Å². The van der Waals surface area contributed by atoms with Crippen molar-refractivity contribution in [1.82, 2.24) is 19.2 Å². The first-order chi connectivity index (χ1) is 11.9. The van der Waals surface area contributed by atoms with Gasteiger partial charge in [-0.2, -0.15) is 4.31 Å². The zero-order valence-electron chi connectivity index (χ0n) is 13.7. The van der Waals surface area contributed by atoms with E-state index in [9.17, 15) is 13.2 Å². The second kappa shape index (κ2) is 6.15. The molecule has 2 atom stereocenters. The smallest absolute Gasteiger partial charge is 0.272 e. The van der Waals surface area contributed by atoms with E-state index in [-0.39, 0.29) is 18.4 Å². The number of amides is 1. The number of carbonyl (C=O) groups is 1. The molecule has 0 unspecified atom stereocenters. The van der Waals surface area contributed by atoms with Gasteiger partial charge in [0.25, 0.3) is 5.91 Å². The molecule has 2 aromatic rings. The van der Waals surface area contributed by atoms with Crippen LogP contribution in [0, 0.1) is 12.8 Å². The Labute approximate surface area is 150 Å². The van der Waals surface area contributed by atoms with Crippen LogP contribution >= 0.6 is 11.3 Å². The van der Waals surface area contributed by atoms with Crippen molar-refractivity contribution in [3.8, 4) is 0 Å². The number of likely N-dealkylation sites (tertiary alicyclic amines) is 1. The Morgan fingerprint density at radius 2 is 2.16 bits per heavy atom. The highest BCUT2D eigenvalue weighted by molar-refractivity contribution is 7.90. The Balaban J connectivity index is 1.48. The van der Waals surface area contributed by atoms with Gasteiger partial charge in [-0.25, -0.2) is 13.4 Å². The highest BCUT2D eigenvalue weighted by Crippen LogP contribution is 2.35. The Morgan fingerprint density at radius 3 is 2.80 bits per heavy atom. The van der Waals surface area contributed by atoms with Crippen LogP contribution in [-0.2, 0) is 16.6 Å². The number of thiazole rings is 1. The summed E-state index contributed by atoms with van der Waals surface area (Å²) in [7, 11) is -3.42. The van der Waals surface area contributed by atoms with E-state index < -0.39 is 15.3 Å². The number of hydrogen-bond donors (Lipinski definition) is 0. The van der Waals surface area contributed by atoms with E-state index in [0.29, 0.717) is 25.3 Å². The van der Waals surface area contributed by atoms with Gasteiger partial charge in [0.15, 0.2) is 0 Å². The monoisotopic (exact) mass is 378 g/mol. The number of carbonyl (C=O) groups excluding carboxylic acids is 1. The molecule has 1 amide bonds. The van der Waals surface area contributed by atoms with E-state index in [0.717, 1.165) is 10.7 Å². The van der Waals surface area contributed by atoms with Crippen LogP contribution in [0.2, 0.25) is 0 Å². The summed E-state index contributed by atoms with van der Waals surface area (Å²) in [5.41, 5.74) is 1.14. The molecule has 9 heteroatoms. The molecule has 2 saturated heterocycles. The van der Waals surface area contributed by atoms with Crippen molar-refractivity contribution < 1.29 is 13.2 Å². The van der Waals surface area contributed by atoms with Crippen LogP contribution in [0.25, 0.3) is 0 Å². The average Bonchev–Trinajstić information content (AvgIpc) is 3.26. The number of sulfonamides is 1. The summed E-state index contributed by atoms with van der Waals surface area (Å²) in [6, 6.07) is 5.16. The molecule has 0 N–H and O–H groups in total. The van der Waals surface area contributed by atoms with Crippen molar-refractivity contribution in [2.45, 2.75) is 18.7 Å². The van der Waals surface area contributed by atoms with E-state index in [4.69, 9.17) is 0 Å². The van der Waals surface area contributed by atoms with Crippen LogP contribution in [0.4, 0.5) is 0 Å². The predicted octanol–water partition coefficient (Wildman–Crippen LogP) is 1.13. The second-order valence-corrected chi connectivity index (χ2v) is 9.63. The van der Waals surface area contributed by atoms with Crippen molar-refractivity contribution in [3.63, 3.8) is 0 Å². The minimum atomic E-state index is -3.42. The fourth-order valence-corrected chi connectivity index (χ4v) is 6.27. The highest BCUT2D eigenvalue weighted by Gasteiger charge is 2.52. The molecule has 4 rings (SSSR count). The molecule has 132 valence electrons. The SMILES string of the molecule is Cc1nc(CN2C[C@H]3CN(C(=O)c4ccccn4)C[C@@H]3S2(=O)=O)cs1. The van der Waals surface area contributed by atoms with Gasteiger partial charge in [0.2, 0.25) is 10.0 Å². The predicted molar refractivity (Wildman–Crippen MR) is 93.6 cm³/mol. The first kappa shape index (κ1) is 16.6. The van der Waals surface area contributed by atoms with Crippen LogP contribution < -0.4 is 0 Å². The molecule has 2 fully saturated rings. The molecule has 2 aliphatic heterocycles. The van der Waals surface area contributed by atoms with Gasteiger partial charge < -0.3 is 4.90 Å². The third-order valence-corrected chi connectivity index (χ3v) is 7.86. The third-order valence-electron chi connectivity index (χ3n) is 4.74. The van der Waals surface area contributed by atoms with Gasteiger partial charge >= 0.3 is 0 Å². The minimum absolute atomic E-state index is 0.0580. The molecule has 0 bridgehead atoms. The van der Waals surface area contributed by atoms with E-state index in [1.165, 1.54) is 15.6 Å². The van der Waals surface area contributed by atoms with Gasteiger partial charge in [0.1, 0.15) is 5.69 Å². The van der Waals surface area contributed by atoms with Crippen LogP contribution in [0.3, 0.4) is 0 Å². The summed E-state index contributed by atoms with van der Waals surface area (Å²) in [4.78, 5) is 22.5. The molecule has 25 heavy (non-hydrogen) atoms. The standard InChI is InChI=1S/C16H18N4O3S2/c1-11-18-13(10-24-11)8-20-7-12-6-19(9-15(12)25(20,22)23)16(21)14-4-2-3-5-17-14/h2-5,10,12,15H,6-9H2,1H3/t12-,15+/m1/s1. The van der Waals surface area contributed by atoms with Gasteiger partial charge in [-0.3, -0.25) is 9.78 Å². The lowest BCUT2D eigenvalue weighted by Gasteiger charge is -2.20. The van der Waals surface area contributed by atoms with Crippen LogP contribution in [0.5, 0.6) is 0 Å². The maximum absolute atomic E-state index is 12.8. The van der Waals surface area contributed by atoms with E-state index >= 15 is 0 Å². The lowest BCUT2D eigenvalue weighted by Crippen LogP contribution is -2.37. The van der Waals surface area contributed by atoms with E-state index in [1.807, 2.05) is 12.3 Å². The number of rotatable bonds is 3. The van der Waals surface area contributed by atoms with Gasteiger partial charge in [-0.1, -0.05) is 6.07 Å². The van der Waals surface area contributed by atoms with Gasteiger partial charge in [-0.15, -0.1) is 11.3 Å². The number of hydrogen-bond acceptors (Lipinski definition) is 6. The van der Waals surface area contributed by atoms with Gasteiger partial charge in [-0.05, 0) is 19.1 Å². The number of nitrogens with zero attached hydrogens (tertiary/aromatic N) is 4. The Morgan fingerprint density at radius 1 is 1.32 bits per heavy atom. The maximum atomic E-state index is 12.8. The van der Waals surface area contributed by atoms with E-state index in [1.54, 1.807) is 29.3 Å². The largest absolute Gasteiger partial charge is 0.336 e. The summed E-state index contributed by atoms with van der Waals surface area (Å²) in [6.07, 6.45) is 1.57. The minimum Gasteiger partial charge on any atom is -0.336 e. The zero-order valence-corrected chi connectivity index (χ0v) is 15.3. The number of fused-ring (bicyclic) bond motifs is 1. The molecule has 0 spiro atoms. The molecule has 0 saturated carbocycles. The zero-order chi connectivity index (χ0) is 17.6. The number of aromatic nitrogens is 2. The van der Waals surface area contributed by atoms with Crippen molar-refractivity contribution >= 4 is 27.3 Å². The fourth-order valence-electron chi connectivity index (χ4n) is 3.54. The molecule has 2 aromatic heterocycles. The number of aryl methyl sites for hydroxylation is 1. The maximum Gasteiger partial charge on any atom is 0.272 e. The molecule has 4 heterocycles. The molecule has 0 aliphatic carbocycles. The Hall–Kier alpha value is -1.84. The van der Waals surface area contributed by atoms with Crippen molar-refractivity contribution in [1.29, 1.82) is 0 Å². The first-order valence-electron chi connectivity index (χ1n) is 8.05.